The zero-order valence-corrected chi connectivity index (χ0v) is 14.0. The van der Waals surface area contributed by atoms with Crippen molar-refractivity contribution < 1.29 is 9.72 Å². The number of nitro benzene ring substituents is 1. The van der Waals surface area contributed by atoms with Gasteiger partial charge in [0.1, 0.15) is 0 Å². The van der Waals surface area contributed by atoms with Gasteiger partial charge in [-0.05, 0) is 40.5 Å². The topological polar surface area (TPSA) is 84.6 Å². The van der Waals surface area contributed by atoms with Crippen LogP contribution in [0.15, 0.2) is 45.3 Å². The van der Waals surface area contributed by atoms with Gasteiger partial charge in [-0.1, -0.05) is 12.1 Å². The van der Waals surface area contributed by atoms with Crippen LogP contribution in [0.25, 0.3) is 0 Å². The molecule has 1 aromatic heterocycles. The van der Waals surface area contributed by atoms with Crippen LogP contribution in [0.4, 0.5) is 5.69 Å². The Kier molecular flexibility index (Phi) is 5.40. The van der Waals surface area contributed by atoms with E-state index in [9.17, 15) is 14.9 Å². The van der Waals surface area contributed by atoms with Gasteiger partial charge in [0.25, 0.3) is 5.69 Å². The Morgan fingerprint density at radius 1 is 1.32 bits per heavy atom. The quantitative estimate of drug-likeness (QED) is 0.488. The van der Waals surface area contributed by atoms with Crippen molar-refractivity contribution in [1.29, 1.82) is 0 Å². The predicted molar refractivity (Wildman–Crippen MR) is 89.2 cm³/mol. The molecule has 0 aliphatic heterocycles. The van der Waals surface area contributed by atoms with E-state index in [4.69, 9.17) is 0 Å². The summed E-state index contributed by atoms with van der Waals surface area (Å²) in [4.78, 5) is 22.9. The van der Waals surface area contributed by atoms with Gasteiger partial charge in [-0.3, -0.25) is 14.9 Å². The Morgan fingerprint density at radius 2 is 2.00 bits per heavy atom. The van der Waals surface area contributed by atoms with Crippen molar-refractivity contribution in [2.24, 2.45) is 5.10 Å². The molecule has 0 saturated carbocycles. The average Bonchev–Trinajstić information content (AvgIpc) is 2.92. The molecule has 0 atom stereocenters. The summed E-state index contributed by atoms with van der Waals surface area (Å²) in [5.74, 6) is -0.274. The first-order valence-electron chi connectivity index (χ1n) is 6.28. The maximum atomic E-state index is 11.8. The Labute approximate surface area is 139 Å². The first-order valence-corrected chi connectivity index (χ1v) is 7.89. The highest BCUT2D eigenvalue weighted by atomic mass is 79.9. The summed E-state index contributed by atoms with van der Waals surface area (Å²) in [7, 11) is 0. The molecule has 0 unspecified atom stereocenters. The molecular formula is C14H12BrN3O3S. The van der Waals surface area contributed by atoms with Crippen molar-refractivity contribution in [2.75, 3.05) is 0 Å². The smallest absolute Gasteiger partial charge is 0.269 e. The molecule has 1 amide bonds. The lowest BCUT2D eigenvalue weighted by atomic mass is 10.1. The van der Waals surface area contributed by atoms with Gasteiger partial charge in [0.05, 0.1) is 25.7 Å². The number of non-ortho nitro benzene ring substituents is 1. The average molecular weight is 382 g/mol. The number of nitro groups is 1. The van der Waals surface area contributed by atoms with Gasteiger partial charge in [0.2, 0.25) is 5.91 Å². The van der Waals surface area contributed by atoms with Crippen molar-refractivity contribution in [2.45, 2.75) is 13.3 Å². The van der Waals surface area contributed by atoms with Crippen LogP contribution in [0, 0.1) is 10.1 Å². The molecule has 22 heavy (non-hydrogen) atoms. The van der Waals surface area contributed by atoms with E-state index in [1.807, 2.05) is 19.1 Å². The van der Waals surface area contributed by atoms with E-state index in [1.165, 1.54) is 23.5 Å². The largest absolute Gasteiger partial charge is 0.273 e. The number of nitrogens with one attached hydrogen (secondary N) is 1. The molecule has 1 aromatic carbocycles. The number of hydrazone groups is 1. The van der Waals surface area contributed by atoms with Crippen molar-refractivity contribution in [3.8, 4) is 0 Å². The van der Waals surface area contributed by atoms with Crippen molar-refractivity contribution in [1.82, 2.24) is 5.43 Å². The highest BCUT2D eigenvalue weighted by molar-refractivity contribution is 9.11. The second-order valence-corrected chi connectivity index (χ2v) is 6.90. The molecule has 1 N–H and O–H groups in total. The van der Waals surface area contributed by atoms with Crippen LogP contribution in [0.2, 0.25) is 0 Å². The summed E-state index contributed by atoms with van der Waals surface area (Å²) < 4.78 is 0.995. The number of nitrogens with zero attached hydrogens (tertiary/aromatic N) is 2. The highest BCUT2D eigenvalue weighted by Gasteiger charge is 2.07. The fourth-order valence-corrected chi connectivity index (χ4v) is 3.00. The van der Waals surface area contributed by atoms with E-state index in [0.717, 1.165) is 8.66 Å². The summed E-state index contributed by atoms with van der Waals surface area (Å²) in [5.41, 5.74) is 3.89. The van der Waals surface area contributed by atoms with Crippen LogP contribution in [-0.4, -0.2) is 16.5 Å². The Hall–Kier alpha value is -2.06. The SMILES string of the molecule is CC(=NNC(=O)Cc1ccc([N+](=O)[O-])cc1)c1ccc(Br)s1. The predicted octanol–water partition coefficient (Wildman–Crippen LogP) is 3.50. The summed E-state index contributed by atoms with van der Waals surface area (Å²) in [5, 5.41) is 14.6. The number of thiophene rings is 1. The molecule has 2 aromatic rings. The van der Waals surface area contributed by atoms with E-state index >= 15 is 0 Å². The number of rotatable bonds is 5. The van der Waals surface area contributed by atoms with E-state index in [1.54, 1.807) is 12.1 Å². The van der Waals surface area contributed by atoms with Gasteiger partial charge in [-0.25, -0.2) is 5.43 Å². The molecule has 114 valence electrons. The maximum Gasteiger partial charge on any atom is 0.269 e. The van der Waals surface area contributed by atoms with E-state index in [2.05, 4.69) is 26.5 Å². The second kappa shape index (κ2) is 7.28. The van der Waals surface area contributed by atoms with Gasteiger partial charge in [-0.15, -0.1) is 11.3 Å². The van der Waals surface area contributed by atoms with E-state index in [0.29, 0.717) is 11.3 Å². The van der Waals surface area contributed by atoms with Crippen LogP contribution in [0.3, 0.4) is 0 Å². The number of benzene rings is 1. The maximum absolute atomic E-state index is 11.8. The second-order valence-electron chi connectivity index (χ2n) is 4.44. The van der Waals surface area contributed by atoms with Crippen LogP contribution < -0.4 is 5.43 Å². The third-order valence-electron chi connectivity index (χ3n) is 2.79. The van der Waals surface area contributed by atoms with Crippen LogP contribution >= 0.6 is 27.3 Å². The lowest BCUT2D eigenvalue weighted by Gasteiger charge is -2.02. The number of hydrogen-bond donors (Lipinski definition) is 1. The zero-order chi connectivity index (χ0) is 16.1. The molecule has 0 saturated heterocycles. The summed E-state index contributed by atoms with van der Waals surface area (Å²) in [6.07, 6.45) is 0.114. The molecule has 0 bridgehead atoms. The minimum atomic E-state index is -0.476. The van der Waals surface area contributed by atoms with Gasteiger partial charge in [-0.2, -0.15) is 5.10 Å². The Bertz CT molecular complexity index is 725. The molecule has 2 rings (SSSR count). The van der Waals surface area contributed by atoms with Gasteiger partial charge < -0.3 is 0 Å². The number of amides is 1. The fraction of sp³-hybridized carbons (Fsp3) is 0.143. The van der Waals surface area contributed by atoms with Gasteiger partial charge >= 0.3 is 0 Å². The molecular weight excluding hydrogens is 370 g/mol. The molecule has 0 fully saturated rings. The molecule has 6 nitrogen and oxygen atoms in total. The zero-order valence-electron chi connectivity index (χ0n) is 11.6. The normalized spacial score (nSPS) is 11.3. The van der Waals surface area contributed by atoms with Gasteiger partial charge in [0.15, 0.2) is 0 Å². The highest BCUT2D eigenvalue weighted by Crippen LogP contribution is 2.22. The van der Waals surface area contributed by atoms with Crippen molar-refractivity contribution in [3.63, 3.8) is 0 Å². The van der Waals surface area contributed by atoms with Crippen LogP contribution in [0.1, 0.15) is 17.4 Å². The number of carbonyl (C=O) groups excluding carboxylic acids is 1. The fourth-order valence-electron chi connectivity index (χ4n) is 1.67. The summed E-state index contributed by atoms with van der Waals surface area (Å²) in [6.45, 7) is 1.81. The summed E-state index contributed by atoms with van der Waals surface area (Å²) in [6, 6.07) is 9.70. The molecule has 0 aliphatic carbocycles. The molecule has 0 aliphatic rings. The summed E-state index contributed by atoms with van der Waals surface area (Å²) >= 11 is 4.90. The third kappa shape index (κ3) is 4.47. The van der Waals surface area contributed by atoms with Crippen LogP contribution in [-0.2, 0) is 11.2 Å². The molecule has 1 heterocycles. The van der Waals surface area contributed by atoms with Crippen molar-refractivity contribution in [3.05, 3.63) is 60.7 Å². The first kappa shape index (κ1) is 16.3. The lowest BCUT2D eigenvalue weighted by Crippen LogP contribution is -2.21. The minimum Gasteiger partial charge on any atom is -0.273 e. The first-order chi connectivity index (χ1) is 10.5. The Morgan fingerprint density at radius 3 is 2.55 bits per heavy atom. The van der Waals surface area contributed by atoms with Gasteiger partial charge in [0, 0.05) is 12.1 Å². The van der Waals surface area contributed by atoms with Crippen LogP contribution in [0.5, 0.6) is 0 Å². The molecule has 0 spiro atoms. The lowest BCUT2D eigenvalue weighted by molar-refractivity contribution is -0.384. The van der Waals surface area contributed by atoms with E-state index < -0.39 is 4.92 Å². The third-order valence-corrected chi connectivity index (χ3v) is 4.52. The minimum absolute atomic E-state index is 0.00120. The Balaban J connectivity index is 1.94. The molecule has 8 heteroatoms. The number of carbonyl (C=O) groups is 1. The molecule has 0 radical (unpaired) electrons. The number of hydrogen-bond acceptors (Lipinski definition) is 5. The standard InChI is InChI=1S/C14H12BrN3O3S/c1-9(12-6-7-13(15)22-12)16-17-14(19)8-10-2-4-11(5-3-10)18(20)21/h2-7H,8H2,1H3,(H,17,19). The monoisotopic (exact) mass is 381 g/mol. The van der Waals surface area contributed by atoms with E-state index in [-0.39, 0.29) is 18.0 Å². The van der Waals surface area contributed by atoms with Crippen molar-refractivity contribution >= 4 is 44.6 Å². The number of halogens is 1.